The molecule has 0 aliphatic carbocycles. The number of hydrogen-bond acceptors (Lipinski definition) is 2. The van der Waals surface area contributed by atoms with Gasteiger partial charge in [0.1, 0.15) is 0 Å². The second-order valence-electron chi connectivity index (χ2n) is 5.58. The Bertz CT molecular complexity index is 296. The molecule has 0 saturated carbocycles. The topological polar surface area (TPSA) is 57.5 Å². The molecule has 0 aromatic carbocycles. The van der Waals surface area contributed by atoms with Crippen LogP contribution in [-0.4, -0.2) is 22.3 Å². The van der Waals surface area contributed by atoms with E-state index in [2.05, 4.69) is 27.0 Å². The first-order valence-corrected chi connectivity index (χ1v) is 7.03. The van der Waals surface area contributed by atoms with E-state index in [0.717, 1.165) is 25.7 Å². The predicted octanol–water partition coefficient (Wildman–Crippen LogP) is 3.79. The van der Waals surface area contributed by atoms with Crippen molar-refractivity contribution in [3.63, 3.8) is 0 Å². The Morgan fingerprint density at radius 2 is 1.95 bits per heavy atom. The van der Waals surface area contributed by atoms with E-state index in [0.29, 0.717) is 18.3 Å². The van der Waals surface area contributed by atoms with Gasteiger partial charge in [0, 0.05) is 0 Å². The highest BCUT2D eigenvalue weighted by Crippen LogP contribution is 2.25. The second-order valence-corrected chi connectivity index (χ2v) is 5.58. The van der Waals surface area contributed by atoms with Crippen LogP contribution in [0.15, 0.2) is 24.8 Å². The van der Waals surface area contributed by atoms with Gasteiger partial charge in [0.25, 0.3) is 0 Å². The van der Waals surface area contributed by atoms with Crippen molar-refractivity contribution in [3.05, 3.63) is 24.8 Å². The van der Waals surface area contributed by atoms with Crippen molar-refractivity contribution in [1.29, 1.82) is 0 Å². The van der Waals surface area contributed by atoms with Crippen molar-refractivity contribution in [3.8, 4) is 0 Å². The highest BCUT2D eigenvalue weighted by Gasteiger charge is 2.16. The summed E-state index contributed by atoms with van der Waals surface area (Å²) in [6.45, 7) is 11.9. The van der Waals surface area contributed by atoms with Crippen molar-refractivity contribution in [2.45, 2.75) is 58.5 Å². The zero-order valence-corrected chi connectivity index (χ0v) is 12.3. The first-order chi connectivity index (χ1) is 8.86. The van der Waals surface area contributed by atoms with E-state index in [1.165, 1.54) is 5.57 Å². The number of hydrogen-bond donors (Lipinski definition) is 2. The summed E-state index contributed by atoms with van der Waals surface area (Å²) in [6, 6.07) is 0. The van der Waals surface area contributed by atoms with Crippen molar-refractivity contribution in [2.24, 2.45) is 11.8 Å². The van der Waals surface area contributed by atoms with Crippen molar-refractivity contribution in [1.82, 2.24) is 0 Å². The fourth-order valence-corrected chi connectivity index (χ4v) is 2.31. The Balaban J connectivity index is 4.03. The zero-order valence-electron chi connectivity index (χ0n) is 12.3. The molecule has 0 saturated heterocycles. The number of aliphatic hydroxyl groups excluding tert-OH is 1. The Hall–Kier alpha value is -1.09. The van der Waals surface area contributed by atoms with Crippen LogP contribution in [0.1, 0.15) is 52.4 Å². The maximum absolute atomic E-state index is 10.5. The molecule has 0 amide bonds. The molecule has 0 spiro atoms. The molecule has 0 fully saturated rings. The van der Waals surface area contributed by atoms with Crippen LogP contribution < -0.4 is 0 Å². The largest absolute Gasteiger partial charge is 0.481 e. The van der Waals surface area contributed by atoms with Crippen LogP contribution in [0.25, 0.3) is 0 Å². The van der Waals surface area contributed by atoms with Crippen LogP contribution in [-0.2, 0) is 4.79 Å². The lowest BCUT2D eigenvalue weighted by atomic mass is 9.87. The molecule has 3 unspecified atom stereocenters. The van der Waals surface area contributed by atoms with Gasteiger partial charge in [0.2, 0.25) is 0 Å². The maximum Gasteiger partial charge on any atom is 0.305 e. The van der Waals surface area contributed by atoms with E-state index in [1.807, 2.05) is 6.08 Å². The standard InChI is InChI=1S/C16H28O3/c1-5-6-7-14(12(2)3)9-8-13(4)10-15(17)11-16(18)19/h5,13-15,17H,1-2,6-11H2,3-4H3,(H,18,19). The summed E-state index contributed by atoms with van der Waals surface area (Å²) >= 11 is 0. The van der Waals surface area contributed by atoms with Crippen molar-refractivity contribution < 1.29 is 15.0 Å². The van der Waals surface area contributed by atoms with Crippen LogP contribution in [0, 0.1) is 11.8 Å². The molecule has 0 aliphatic heterocycles. The lowest BCUT2D eigenvalue weighted by Gasteiger charge is -2.20. The monoisotopic (exact) mass is 268 g/mol. The molecule has 3 heteroatoms. The fourth-order valence-electron chi connectivity index (χ4n) is 2.31. The Labute approximate surface area is 117 Å². The van der Waals surface area contributed by atoms with Gasteiger partial charge in [-0.25, -0.2) is 0 Å². The van der Waals surface area contributed by atoms with Crippen molar-refractivity contribution >= 4 is 5.97 Å². The van der Waals surface area contributed by atoms with Gasteiger partial charge in [-0.05, 0) is 44.4 Å². The zero-order chi connectivity index (χ0) is 14.8. The Morgan fingerprint density at radius 3 is 2.42 bits per heavy atom. The SMILES string of the molecule is C=CCCC(CCC(C)CC(O)CC(=O)O)C(=C)C. The van der Waals surface area contributed by atoms with Gasteiger partial charge in [0.15, 0.2) is 0 Å². The Kier molecular flexibility index (Phi) is 9.23. The molecule has 0 aliphatic rings. The first-order valence-electron chi connectivity index (χ1n) is 7.03. The Morgan fingerprint density at radius 1 is 1.32 bits per heavy atom. The predicted molar refractivity (Wildman–Crippen MR) is 79.0 cm³/mol. The van der Waals surface area contributed by atoms with Gasteiger partial charge in [0.05, 0.1) is 12.5 Å². The van der Waals surface area contributed by atoms with Gasteiger partial charge in [-0.3, -0.25) is 4.79 Å². The fraction of sp³-hybridized carbons (Fsp3) is 0.688. The molecule has 3 nitrogen and oxygen atoms in total. The third kappa shape index (κ3) is 9.48. The van der Waals surface area contributed by atoms with E-state index < -0.39 is 12.1 Å². The summed E-state index contributed by atoms with van der Waals surface area (Å²) in [4.78, 5) is 10.5. The minimum atomic E-state index is -0.939. The van der Waals surface area contributed by atoms with Crippen LogP contribution in [0.3, 0.4) is 0 Å². The van der Waals surface area contributed by atoms with E-state index >= 15 is 0 Å². The van der Waals surface area contributed by atoms with Gasteiger partial charge < -0.3 is 10.2 Å². The van der Waals surface area contributed by atoms with Crippen LogP contribution in [0.5, 0.6) is 0 Å². The number of rotatable bonds is 11. The van der Waals surface area contributed by atoms with Crippen molar-refractivity contribution in [2.75, 3.05) is 0 Å². The highest BCUT2D eigenvalue weighted by molar-refractivity contribution is 5.67. The van der Waals surface area contributed by atoms with E-state index in [4.69, 9.17) is 5.11 Å². The number of aliphatic carboxylic acids is 1. The summed E-state index contributed by atoms with van der Waals surface area (Å²) < 4.78 is 0. The molecule has 0 aromatic rings. The van der Waals surface area contributed by atoms with Crippen LogP contribution in [0.4, 0.5) is 0 Å². The van der Waals surface area contributed by atoms with Gasteiger partial charge >= 0.3 is 5.97 Å². The summed E-state index contributed by atoms with van der Waals surface area (Å²) in [5.74, 6) is -0.109. The van der Waals surface area contributed by atoms with Gasteiger partial charge in [-0.2, -0.15) is 0 Å². The summed E-state index contributed by atoms with van der Waals surface area (Å²) in [7, 11) is 0. The third-order valence-corrected chi connectivity index (χ3v) is 3.51. The smallest absolute Gasteiger partial charge is 0.305 e. The molecule has 0 heterocycles. The molecular formula is C16H28O3. The number of aliphatic hydroxyl groups is 1. The van der Waals surface area contributed by atoms with E-state index in [1.54, 1.807) is 0 Å². The molecule has 3 atom stereocenters. The molecule has 2 N–H and O–H groups in total. The minimum absolute atomic E-state index is 0.162. The average Bonchev–Trinajstić information content (AvgIpc) is 2.27. The average molecular weight is 268 g/mol. The minimum Gasteiger partial charge on any atom is -0.481 e. The number of allylic oxidation sites excluding steroid dienone is 2. The normalized spacial score (nSPS) is 15.5. The maximum atomic E-state index is 10.5. The van der Waals surface area contributed by atoms with E-state index in [-0.39, 0.29) is 6.42 Å². The van der Waals surface area contributed by atoms with Crippen LogP contribution >= 0.6 is 0 Å². The number of carboxylic acid groups (broad SMARTS) is 1. The molecule has 110 valence electrons. The van der Waals surface area contributed by atoms with Crippen LogP contribution in [0.2, 0.25) is 0 Å². The number of carbonyl (C=O) groups is 1. The summed E-state index contributed by atoms with van der Waals surface area (Å²) in [5, 5.41) is 18.2. The molecule has 19 heavy (non-hydrogen) atoms. The highest BCUT2D eigenvalue weighted by atomic mass is 16.4. The molecular weight excluding hydrogens is 240 g/mol. The lowest BCUT2D eigenvalue weighted by molar-refractivity contribution is -0.139. The van der Waals surface area contributed by atoms with Gasteiger partial charge in [-0.15, -0.1) is 6.58 Å². The molecule has 0 aromatic heterocycles. The van der Waals surface area contributed by atoms with Gasteiger partial charge in [-0.1, -0.05) is 31.6 Å². The summed E-state index contributed by atoms with van der Waals surface area (Å²) in [6.07, 6.45) is 5.69. The quantitative estimate of drug-likeness (QED) is 0.561. The van der Waals surface area contributed by atoms with E-state index in [9.17, 15) is 9.90 Å². The first kappa shape index (κ1) is 17.9. The lowest BCUT2D eigenvalue weighted by Crippen LogP contribution is -2.17. The second kappa shape index (κ2) is 9.79. The molecule has 0 bridgehead atoms. The molecule has 0 radical (unpaired) electrons. The molecule has 0 rings (SSSR count). The summed E-state index contributed by atoms with van der Waals surface area (Å²) in [5.41, 5.74) is 1.19. The number of carboxylic acids is 1. The third-order valence-electron chi connectivity index (χ3n) is 3.51.